The summed E-state index contributed by atoms with van der Waals surface area (Å²) in [6.07, 6.45) is 6.70. The third-order valence-electron chi connectivity index (χ3n) is 8.33. The number of aryl methyl sites for hydroxylation is 1. The van der Waals surface area contributed by atoms with Crippen LogP contribution in [-0.4, -0.2) is 101 Å². The molecular formula is C37H45N5O11. The van der Waals surface area contributed by atoms with Gasteiger partial charge >= 0.3 is 23.9 Å². The van der Waals surface area contributed by atoms with Crippen LogP contribution in [-0.2, 0) is 54.7 Å². The van der Waals surface area contributed by atoms with Gasteiger partial charge in [-0.15, -0.1) is 0 Å². The van der Waals surface area contributed by atoms with E-state index < -0.39 is 23.9 Å². The summed E-state index contributed by atoms with van der Waals surface area (Å²) >= 11 is 0. The zero-order valence-corrected chi connectivity index (χ0v) is 29.4. The van der Waals surface area contributed by atoms with Crippen molar-refractivity contribution in [3.8, 4) is 6.07 Å². The number of carbonyl (C=O) groups is 4. The summed E-state index contributed by atoms with van der Waals surface area (Å²) in [5, 5.41) is 52.7. The van der Waals surface area contributed by atoms with Gasteiger partial charge in [0.1, 0.15) is 0 Å². The molecule has 2 aliphatic heterocycles. The van der Waals surface area contributed by atoms with Crippen LogP contribution in [0.15, 0.2) is 65.2 Å². The fourth-order valence-corrected chi connectivity index (χ4v) is 5.71. The normalized spacial score (nSPS) is 15.1. The van der Waals surface area contributed by atoms with E-state index in [0.717, 1.165) is 99.0 Å². The number of aromatic nitrogens is 1. The Kier molecular flexibility index (Phi) is 17.8. The van der Waals surface area contributed by atoms with Crippen LogP contribution in [0.4, 0.5) is 0 Å². The number of piperidine rings is 1. The van der Waals surface area contributed by atoms with E-state index in [9.17, 15) is 19.2 Å². The van der Waals surface area contributed by atoms with Crippen molar-refractivity contribution in [1.29, 1.82) is 5.26 Å². The predicted octanol–water partition coefficient (Wildman–Crippen LogP) is 3.15. The molecule has 3 aromatic rings. The highest BCUT2D eigenvalue weighted by molar-refractivity contribution is 5.90. The van der Waals surface area contributed by atoms with Crippen LogP contribution in [0.5, 0.6) is 0 Å². The molecule has 2 saturated heterocycles. The van der Waals surface area contributed by atoms with Gasteiger partial charge in [0.05, 0.1) is 30.5 Å². The average molecular weight is 736 g/mol. The van der Waals surface area contributed by atoms with Gasteiger partial charge in [-0.2, -0.15) is 5.26 Å². The largest absolute Gasteiger partial charge is 0.478 e. The second-order valence-electron chi connectivity index (χ2n) is 12.1. The van der Waals surface area contributed by atoms with Gasteiger partial charge in [-0.3, -0.25) is 4.90 Å². The van der Waals surface area contributed by atoms with Crippen molar-refractivity contribution in [2.75, 3.05) is 39.9 Å². The average Bonchev–Trinajstić information content (AvgIpc) is 3.81. The molecule has 0 saturated carbocycles. The molecule has 2 fully saturated rings. The summed E-state index contributed by atoms with van der Waals surface area (Å²) in [5.74, 6) is -4.31. The van der Waals surface area contributed by atoms with Crippen LogP contribution in [0.2, 0.25) is 0 Å². The first-order chi connectivity index (χ1) is 25.5. The van der Waals surface area contributed by atoms with Crippen LogP contribution >= 0.6 is 0 Å². The molecular weight excluding hydrogens is 690 g/mol. The summed E-state index contributed by atoms with van der Waals surface area (Å²) in [6, 6.07) is 14.2. The highest BCUT2D eigenvalue weighted by Gasteiger charge is 2.25. The minimum atomic E-state index is -1.26. The molecule has 2 aromatic carbocycles. The van der Waals surface area contributed by atoms with Gasteiger partial charge in [-0.1, -0.05) is 23.4 Å². The number of fused-ring (bicyclic) bond motifs is 1. The number of carboxylic acid groups (broad SMARTS) is 4. The molecule has 284 valence electrons. The van der Waals surface area contributed by atoms with Crippen LogP contribution < -0.4 is 10.6 Å². The lowest BCUT2D eigenvalue weighted by molar-refractivity contribution is -0.134. The number of hydrogen-bond donors (Lipinski definition) is 6. The maximum Gasteiger partial charge on any atom is 0.328 e. The third kappa shape index (κ3) is 15.4. The number of rotatable bonds is 15. The highest BCUT2D eigenvalue weighted by Crippen LogP contribution is 2.29. The summed E-state index contributed by atoms with van der Waals surface area (Å²) < 4.78 is 17.1. The van der Waals surface area contributed by atoms with Crippen LogP contribution in [0.25, 0.3) is 11.0 Å². The van der Waals surface area contributed by atoms with Crippen molar-refractivity contribution in [3.05, 3.63) is 88.7 Å². The Morgan fingerprint density at radius 1 is 0.868 bits per heavy atom. The van der Waals surface area contributed by atoms with Crippen molar-refractivity contribution in [3.63, 3.8) is 0 Å². The number of nitriles is 1. The Bertz CT molecular complexity index is 1680. The maximum atomic E-state index is 9.55. The first-order valence-corrected chi connectivity index (χ1v) is 17.0. The molecule has 0 amide bonds. The Morgan fingerprint density at radius 2 is 1.45 bits per heavy atom. The Morgan fingerprint density at radius 3 is 1.98 bits per heavy atom. The number of hydrogen-bond acceptors (Lipinski definition) is 12. The zero-order valence-electron chi connectivity index (χ0n) is 29.4. The Balaban J connectivity index is 0.000000395. The molecule has 0 atom stereocenters. The van der Waals surface area contributed by atoms with E-state index in [4.69, 9.17) is 39.7 Å². The first-order valence-electron chi connectivity index (χ1n) is 17.0. The van der Waals surface area contributed by atoms with E-state index in [-0.39, 0.29) is 6.29 Å². The molecule has 0 unspecified atom stereocenters. The second kappa shape index (κ2) is 22.5. The minimum Gasteiger partial charge on any atom is -0.478 e. The highest BCUT2D eigenvalue weighted by atomic mass is 16.7. The van der Waals surface area contributed by atoms with E-state index in [2.05, 4.69) is 38.9 Å². The quantitative estimate of drug-likeness (QED) is 0.123. The first kappa shape index (κ1) is 42.0. The van der Waals surface area contributed by atoms with Crippen LogP contribution in [0.3, 0.4) is 0 Å². The molecule has 1 aromatic heterocycles. The summed E-state index contributed by atoms with van der Waals surface area (Å²) in [5.41, 5.74) is 6.18. The fraction of sp³-hybridized carbons (Fsp3) is 0.405. The van der Waals surface area contributed by atoms with Crippen molar-refractivity contribution in [2.45, 2.75) is 51.6 Å². The number of likely N-dealkylation sites (tertiary alicyclic amines) is 1. The number of benzene rings is 2. The lowest BCUT2D eigenvalue weighted by Gasteiger charge is -2.32. The molecule has 16 heteroatoms. The van der Waals surface area contributed by atoms with Gasteiger partial charge in [-0.25, -0.2) is 19.2 Å². The van der Waals surface area contributed by atoms with Crippen molar-refractivity contribution < 1.29 is 53.6 Å². The standard InChI is InChI=1S/C29H37N5O3.2C4H4O4/c1-31-19-26-24(18-32-17-23-4-2-22(16-30)3-5-23)7-8-25-27(33-37-29(25)26)9-6-21-10-12-34(13-11-21)20-28-35-14-15-36-28;2*5-3(6)1-2-4(7)8/h2-5,7-8,21,28,31-32H,6,9-15,17-20H2,1H3;2*1-2H,(H,5,6)(H,7,8). The lowest BCUT2D eigenvalue weighted by atomic mass is 9.91. The molecule has 16 nitrogen and oxygen atoms in total. The van der Waals surface area contributed by atoms with E-state index in [1.165, 1.54) is 18.4 Å². The number of aliphatic carboxylic acids is 4. The molecule has 6 N–H and O–H groups in total. The van der Waals surface area contributed by atoms with Gasteiger partial charge in [0, 0.05) is 61.4 Å². The van der Waals surface area contributed by atoms with Crippen LogP contribution in [0.1, 0.15) is 47.2 Å². The second-order valence-corrected chi connectivity index (χ2v) is 12.1. The lowest BCUT2D eigenvalue weighted by Crippen LogP contribution is -2.39. The predicted molar refractivity (Wildman–Crippen MR) is 190 cm³/mol. The molecule has 3 heterocycles. The van der Waals surface area contributed by atoms with E-state index in [1.807, 2.05) is 31.3 Å². The third-order valence-corrected chi connectivity index (χ3v) is 8.33. The van der Waals surface area contributed by atoms with Gasteiger partial charge in [-0.05, 0) is 81.1 Å². The number of nitrogens with zero attached hydrogens (tertiary/aromatic N) is 3. The van der Waals surface area contributed by atoms with Crippen molar-refractivity contribution in [1.82, 2.24) is 20.7 Å². The maximum absolute atomic E-state index is 9.55. The molecule has 0 aliphatic carbocycles. The van der Waals surface area contributed by atoms with Crippen molar-refractivity contribution in [2.24, 2.45) is 5.92 Å². The van der Waals surface area contributed by atoms with E-state index in [1.54, 1.807) is 0 Å². The Labute approximate surface area is 306 Å². The van der Waals surface area contributed by atoms with Crippen molar-refractivity contribution >= 4 is 34.8 Å². The Hall–Kier alpha value is -5.44. The molecule has 53 heavy (non-hydrogen) atoms. The summed E-state index contributed by atoms with van der Waals surface area (Å²) in [4.78, 5) is 40.7. The molecule has 5 rings (SSSR count). The molecule has 0 radical (unpaired) electrons. The fourth-order valence-electron chi connectivity index (χ4n) is 5.71. The van der Waals surface area contributed by atoms with E-state index in [0.29, 0.717) is 29.9 Å². The van der Waals surface area contributed by atoms with Gasteiger partial charge in [0.2, 0.25) is 0 Å². The smallest absolute Gasteiger partial charge is 0.328 e. The van der Waals surface area contributed by atoms with Crippen LogP contribution in [0, 0.1) is 17.2 Å². The van der Waals surface area contributed by atoms with Gasteiger partial charge in [0.15, 0.2) is 11.9 Å². The molecule has 0 spiro atoms. The molecule has 0 bridgehead atoms. The van der Waals surface area contributed by atoms with E-state index >= 15 is 0 Å². The summed E-state index contributed by atoms with van der Waals surface area (Å²) in [7, 11) is 1.96. The number of carboxylic acids is 4. The summed E-state index contributed by atoms with van der Waals surface area (Å²) in [6.45, 7) is 6.75. The zero-order chi connectivity index (χ0) is 38.6. The van der Waals surface area contributed by atoms with Gasteiger partial charge < -0.3 is 45.1 Å². The monoisotopic (exact) mass is 735 g/mol. The minimum absolute atomic E-state index is 0.0408. The number of ether oxygens (including phenoxy) is 2. The van der Waals surface area contributed by atoms with Gasteiger partial charge in [0.25, 0.3) is 0 Å². The topological polar surface area (TPSA) is 245 Å². The SMILES string of the molecule is CNCc1c(CNCc2ccc(C#N)cc2)ccc2c(CCC3CCN(CC4OCCO4)CC3)noc12.O=C(O)C=CC(=O)O.O=C(O)C=CC(=O)O. The number of nitrogens with one attached hydrogen (secondary N) is 2. The molecule has 2 aliphatic rings.